The second-order valence-corrected chi connectivity index (χ2v) is 0.904. The Morgan fingerprint density at radius 3 is 1.71 bits per heavy atom. The molecule has 1 aromatic rings. The minimum absolute atomic E-state index is 0. The van der Waals surface area contributed by atoms with Crippen molar-refractivity contribution in [3.8, 4) is 0 Å². The van der Waals surface area contributed by atoms with E-state index in [-0.39, 0.29) is 21.7 Å². The summed E-state index contributed by atoms with van der Waals surface area (Å²) in [6.07, 6.45) is 4.88. The van der Waals surface area contributed by atoms with Crippen molar-refractivity contribution in [2.24, 2.45) is 0 Å². The number of aromatic nitrogens is 2. The van der Waals surface area contributed by atoms with Crippen LogP contribution in [0.3, 0.4) is 0 Å². The van der Waals surface area contributed by atoms with Gasteiger partial charge in [-0.1, -0.05) is 0 Å². The predicted octanol–water partition coefficient (Wildman–Crippen LogP) is 0.474. The average molecular weight is 128 g/mol. The first-order valence-corrected chi connectivity index (χ1v) is 1.70. The summed E-state index contributed by atoms with van der Waals surface area (Å²) in [7, 11) is 0. The molecule has 7 heavy (non-hydrogen) atoms. The van der Waals surface area contributed by atoms with Gasteiger partial charge >= 0.3 is 21.7 Å². The van der Waals surface area contributed by atoms with E-state index >= 15 is 0 Å². The van der Waals surface area contributed by atoms with Crippen molar-refractivity contribution in [1.82, 2.24) is 9.97 Å². The largest absolute Gasteiger partial charge is 4.00 e. The fourth-order valence-electron chi connectivity index (χ4n) is 0.253. The second-order valence-electron chi connectivity index (χ2n) is 0.904. The van der Waals surface area contributed by atoms with Gasteiger partial charge in [0.1, 0.15) is 6.33 Å². The smallest absolute Gasteiger partial charge is 0.245 e. The van der Waals surface area contributed by atoms with Gasteiger partial charge < -0.3 is 0 Å². The van der Waals surface area contributed by atoms with Crippen molar-refractivity contribution in [2.45, 2.75) is 0 Å². The van der Waals surface area contributed by atoms with Crippen molar-refractivity contribution in [3.63, 3.8) is 0 Å². The Morgan fingerprint density at radius 2 is 1.57 bits per heavy atom. The zero-order valence-corrected chi connectivity index (χ0v) is 5.27. The molecule has 0 radical (unpaired) electrons. The second kappa shape index (κ2) is 3.97. The molecule has 0 aliphatic heterocycles. The third-order valence-corrected chi connectivity index (χ3v) is 0.478. The summed E-state index contributed by atoms with van der Waals surface area (Å²) in [5, 5.41) is 0. The SMILES string of the molecule is [Ti+4].c1cncnc1. The molecule has 1 heterocycles. The van der Waals surface area contributed by atoms with Gasteiger partial charge in [0.2, 0.25) is 0 Å². The van der Waals surface area contributed by atoms with Crippen LogP contribution in [-0.2, 0) is 21.7 Å². The van der Waals surface area contributed by atoms with Crippen LogP contribution >= 0.6 is 0 Å². The van der Waals surface area contributed by atoms with Crippen LogP contribution in [0.2, 0.25) is 0 Å². The Morgan fingerprint density at radius 1 is 1.00 bits per heavy atom. The van der Waals surface area contributed by atoms with Crippen LogP contribution in [-0.4, -0.2) is 9.97 Å². The third-order valence-electron chi connectivity index (χ3n) is 0.478. The molecule has 0 aliphatic rings. The van der Waals surface area contributed by atoms with Gasteiger partial charge in [-0.3, -0.25) is 0 Å². The van der Waals surface area contributed by atoms with E-state index in [0.717, 1.165) is 0 Å². The van der Waals surface area contributed by atoms with E-state index in [1.807, 2.05) is 0 Å². The Balaban J connectivity index is 0.000000360. The molecule has 30 valence electrons. The minimum Gasteiger partial charge on any atom is -0.245 e. The first-order valence-electron chi connectivity index (χ1n) is 1.70. The number of hydrogen-bond acceptors (Lipinski definition) is 2. The quantitative estimate of drug-likeness (QED) is 0.474. The molecule has 0 atom stereocenters. The molecule has 1 aromatic heterocycles. The van der Waals surface area contributed by atoms with Crippen LogP contribution in [0.15, 0.2) is 24.8 Å². The monoisotopic (exact) mass is 128 g/mol. The summed E-state index contributed by atoms with van der Waals surface area (Å²) in [6.45, 7) is 0. The Hall–Kier alpha value is -0.206. The Kier molecular flexibility index (Phi) is 3.85. The van der Waals surface area contributed by atoms with E-state index in [1.54, 1.807) is 18.5 Å². The number of nitrogens with zero attached hydrogens (tertiary/aromatic N) is 2. The molecule has 0 saturated heterocycles. The zero-order valence-electron chi connectivity index (χ0n) is 3.70. The third kappa shape index (κ3) is 2.48. The van der Waals surface area contributed by atoms with Crippen LogP contribution in [0.4, 0.5) is 0 Å². The van der Waals surface area contributed by atoms with Crippen LogP contribution in [0.5, 0.6) is 0 Å². The van der Waals surface area contributed by atoms with Crippen LogP contribution in [0.1, 0.15) is 0 Å². The van der Waals surface area contributed by atoms with Gasteiger partial charge in [-0.2, -0.15) is 0 Å². The summed E-state index contributed by atoms with van der Waals surface area (Å²) >= 11 is 0. The van der Waals surface area contributed by atoms with E-state index in [2.05, 4.69) is 9.97 Å². The summed E-state index contributed by atoms with van der Waals surface area (Å²) in [6, 6.07) is 1.78. The summed E-state index contributed by atoms with van der Waals surface area (Å²) in [4.78, 5) is 7.35. The molecule has 2 nitrogen and oxygen atoms in total. The molecule has 0 bridgehead atoms. The van der Waals surface area contributed by atoms with Crippen LogP contribution < -0.4 is 0 Å². The van der Waals surface area contributed by atoms with Gasteiger partial charge in [0.25, 0.3) is 0 Å². The van der Waals surface area contributed by atoms with Gasteiger partial charge in [-0.25, -0.2) is 9.97 Å². The van der Waals surface area contributed by atoms with Crippen molar-refractivity contribution < 1.29 is 21.7 Å². The van der Waals surface area contributed by atoms with Crippen molar-refractivity contribution in [3.05, 3.63) is 24.8 Å². The van der Waals surface area contributed by atoms with Crippen LogP contribution in [0, 0.1) is 0 Å². The molecular weight excluding hydrogens is 124 g/mol. The minimum atomic E-state index is 0. The van der Waals surface area contributed by atoms with Crippen molar-refractivity contribution in [2.75, 3.05) is 0 Å². The maximum absolute atomic E-state index is 3.67. The fraction of sp³-hybridized carbons (Fsp3) is 0. The molecule has 1 rings (SSSR count). The maximum Gasteiger partial charge on any atom is 4.00 e. The summed E-state index contributed by atoms with van der Waals surface area (Å²) in [5.74, 6) is 0. The molecule has 3 heteroatoms. The van der Waals surface area contributed by atoms with Gasteiger partial charge in [-0.15, -0.1) is 0 Å². The van der Waals surface area contributed by atoms with E-state index in [0.29, 0.717) is 0 Å². The predicted molar refractivity (Wildman–Crippen MR) is 22.0 cm³/mol. The van der Waals surface area contributed by atoms with E-state index in [1.165, 1.54) is 6.33 Å². The fourth-order valence-corrected chi connectivity index (χ4v) is 0.253. The molecule has 0 amide bonds. The Bertz CT molecular complexity index is 81.6. The number of rotatable bonds is 0. The molecule has 0 unspecified atom stereocenters. The Labute approximate surface area is 56.9 Å². The van der Waals surface area contributed by atoms with E-state index in [9.17, 15) is 0 Å². The molecule has 0 aliphatic carbocycles. The normalized spacial score (nSPS) is 6.86. The maximum atomic E-state index is 3.67. The summed E-state index contributed by atoms with van der Waals surface area (Å²) in [5.41, 5.74) is 0. The molecule has 0 fully saturated rings. The van der Waals surface area contributed by atoms with Crippen LogP contribution in [0.25, 0.3) is 0 Å². The molecule has 0 saturated carbocycles. The molecule has 0 aromatic carbocycles. The van der Waals surface area contributed by atoms with E-state index in [4.69, 9.17) is 0 Å². The first-order chi connectivity index (χ1) is 3.00. The number of hydrogen-bond donors (Lipinski definition) is 0. The average Bonchev–Trinajstić information content (AvgIpc) is 1.72. The van der Waals surface area contributed by atoms with Gasteiger partial charge in [0.05, 0.1) is 0 Å². The van der Waals surface area contributed by atoms with Gasteiger partial charge in [0, 0.05) is 12.4 Å². The standard InChI is InChI=1S/C4H4N2.Ti/c1-2-5-4-6-3-1;/h1-4H;/q;+4. The first kappa shape index (κ1) is 6.79. The topological polar surface area (TPSA) is 25.8 Å². The molecule has 0 spiro atoms. The summed E-state index contributed by atoms with van der Waals surface area (Å²) < 4.78 is 0. The van der Waals surface area contributed by atoms with Crippen molar-refractivity contribution >= 4 is 0 Å². The van der Waals surface area contributed by atoms with Crippen molar-refractivity contribution in [1.29, 1.82) is 0 Å². The van der Waals surface area contributed by atoms with E-state index < -0.39 is 0 Å². The van der Waals surface area contributed by atoms with Gasteiger partial charge in [0.15, 0.2) is 0 Å². The zero-order chi connectivity index (χ0) is 4.24. The molecule has 0 N–H and O–H groups in total. The molecular formula is C4H4N2Ti+4. The van der Waals surface area contributed by atoms with Gasteiger partial charge in [-0.05, 0) is 6.07 Å².